The van der Waals surface area contributed by atoms with Crippen LogP contribution in [0, 0.1) is 0 Å². The van der Waals surface area contributed by atoms with Crippen molar-refractivity contribution in [2.45, 2.75) is 0 Å². The number of hydrogen-bond acceptors (Lipinski definition) is 5. The smallest absolute Gasteiger partial charge is 0.255 e. The van der Waals surface area contributed by atoms with Crippen molar-refractivity contribution < 1.29 is 4.79 Å². The van der Waals surface area contributed by atoms with Gasteiger partial charge >= 0.3 is 0 Å². The second kappa shape index (κ2) is 10.2. The Bertz CT molecular complexity index is 1480. The Morgan fingerprint density at radius 2 is 1.33 bits per heavy atom. The average Bonchev–Trinajstić information content (AvgIpc) is 2.90. The quantitative estimate of drug-likeness (QED) is 0.236. The lowest BCUT2D eigenvalue weighted by atomic mass is 10.1. The molecule has 3 N–H and O–H groups in total. The Kier molecular flexibility index (Phi) is 6.49. The predicted octanol–water partition coefficient (Wildman–Crippen LogP) is 7.04. The molecule has 0 unspecified atom stereocenters. The van der Waals surface area contributed by atoms with Crippen molar-refractivity contribution >= 4 is 50.9 Å². The summed E-state index contributed by atoms with van der Waals surface area (Å²) in [6.45, 7) is 0. The maximum atomic E-state index is 12.7. The van der Waals surface area contributed by atoms with Crippen LogP contribution in [-0.2, 0) is 0 Å². The molecule has 0 fully saturated rings. The molecule has 0 spiro atoms. The van der Waals surface area contributed by atoms with Gasteiger partial charge in [-0.2, -0.15) is 0 Å². The van der Waals surface area contributed by atoms with Crippen LogP contribution in [0.15, 0.2) is 109 Å². The van der Waals surface area contributed by atoms with Crippen LogP contribution in [-0.4, -0.2) is 25.0 Å². The Labute approximate surface area is 210 Å². The van der Waals surface area contributed by atoms with E-state index >= 15 is 0 Å². The van der Waals surface area contributed by atoms with Gasteiger partial charge in [0, 0.05) is 65.4 Å². The topological polar surface area (TPSA) is 69.3 Å². The molecule has 1 heterocycles. The molecule has 0 aliphatic heterocycles. The van der Waals surface area contributed by atoms with Crippen LogP contribution in [0.2, 0.25) is 0 Å². The van der Waals surface area contributed by atoms with E-state index in [1.807, 2.05) is 99.0 Å². The standard InChI is InChI=1S/C30H27N5O/c1-35(2)26-16-17-27-28(18-19-31-29(27)20-26)33-24-12-14-25(15-13-24)34-30(36)21-8-10-23(11-9-21)32-22-6-4-3-5-7-22/h3-20,32H,1-2H3,(H,31,33)(H,34,36). The van der Waals surface area contributed by atoms with Crippen molar-refractivity contribution in [2.24, 2.45) is 0 Å². The van der Waals surface area contributed by atoms with Gasteiger partial charge in [0.05, 0.1) is 5.52 Å². The van der Waals surface area contributed by atoms with Crippen LogP contribution >= 0.6 is 0 Å². The third-order valence-electron chi connectivity index (χ3n) is 5.87. The molecule has 6 heteroatoms. The van der Waals surface area contributed by atoms with E-state index < -0.39 is 0 Å². The van der Waals surface area contributed by atoms with Gasteiger partial charge in [0.2, 0.25) is 0 Å². The van der Waals surface area contributed by atoms with Crippen molar-refractivity contribution in [2.75, 3.05) is 34.9 Å². The Hall–Kier alpha value is -4.84. The van der Waals surface area contributed by atoms with Gasteiger partial charge in [0.25, 0.3) is 5.91 Å². The molecule has 178 valence electrons. The molecule has 5 rings (SSSR count). The number of anilines is 6. The summed E-state index contributed by atoms with van der Waals surface area (Å²) in [5.74, 6) is -0.154. The summed E-state index contributed by atoms with van der Waals surface area (Å²) in [6, 6.07) is 33.2. The number of fused-ring (bicyclic) bond motifs is 1. The SMILES string of the molecule is CN(C)c1ccc2c(Nc3ccc(NC(=O)c4ccc(Nc5ccccc5)cc4)cc3)ccnc2c1. The lowest BCUT2D eigenvalue weighted by molar-refractivity contribution is 0.102. The molecular weight excluding hydrogens is 446 g/mol. The fourth-order valence-corrected chi connectivity index (χ4v) is 3.91. The Morgan fingerprint density at radius 1 is 0.694 bits per heavy atom. The van der Waals surface area contributed by atoms with E-state index in [1.54, 1.807) is 6.20 Å². The van der Waals surface area contributed by atoms with Gasteiger partial charge in [-0.25, -0.2) is 0 Å². The molecule has 36 heavy (non-hydrogen) atoms. The van der Waals surface area contributed by atoms with Crippen LogP contribution in [0.3, 0.4) is 0 Å². The number of para-hydroxylation sites is 1. The van der Waals surface area contributed by atoms with E-state index in [0.29, 0.717) is 5.56 Å². The van der Waals surface area contributed by atoms with Crippen LogP contribution < -0.4 is 20.9 Å². The summed E-state index contributed by atoms with van der Waals surface area (Å²) in [7, 11) is 4.03. The number of nitrogens with one attached hydrogen (secondary N) is 3. The zero-order valence-electron chi connectivity index (χ0n) is 20.2. The highest BCUT2D eigenvalue weighted by atomic mass is 16.1. The second-order valence-corrected chi connectivity index (χ2v) is 8.68. The predicted molar refractivity (Wildman–Crippen MR) is 150 cm³/mol. The van der Waals surface area contributed by atoms with Gasteiger partial charge in [-0.3, -0.25) is 9.78 Å². The molecule has 0 saturated heterocycles. The minimum absolute atomic E-state index is 0.154. The summed E-state index contributed by atoms with van der Waals surface area (Å²) >= 11 is 0. The molecule has 1 amide bonds. The maximum absolute atomic E-state index is 12.7. The number of carbonyl (C=O) groups excluding carboxylic acids is 1. The van der Waals surface area contributed by atoms with E-state index in [4.69, 9.17) is 0 Å². The number of aromatic nitrogens is 1. The largest absolute Gasteiger partial charge is 0.378 e. The van der Waals surface area contributed by atoms with Crippen molar-refractivity contribution in [3.8, 4) is 0 Å². The van der Waals surface area contributed by atoms with Gasteiger partial charge < -0.3 is 20.9 Å². The van der Waals surface area contributed by atoms with Gasteiger partial charge in [-0.1, -0.05) is 18.2 Å². The highest BCUT2D eigenvalue weighted by Crippen LogP contribution is 2.28. The van der Waals surface area contributed by atoms with Crippen LogP contribution in [0.4, 0.5) is 34.1 Å². The summed E-state index contributed by atoms with van der Waals surface area (Å²) in [5, 5.41) is 10.8. The Balaban J connectivity index is 1.23. The first-order valence-electron chi connectivity index (χ1n) is 11.7. The summed E-state index contributed by atoms with van der Waals surface area (Å²) in [5.41, 5.74) is 7.19. The number of hydrogen-bond donors (Lipinski definition) is 3. The van der Waals surface area contributed by atoms with Crippen molar-refractivity contribution in [1.82, 2.24) is 4.98 Å². The molecule has 4 aromatic carbocycles. The summed E-state index contributed by atoms with van der Waals surface area (Å²) in [4.78, 5) is 19.3. The zero-order valence-corrected chi connectivity index (χ0v) is 20.2. The highest BCUT2D eigenvalue weighted by Gasteiger charge is 2.08. The maximum Gasteiger partial charge on any atom is 0.255 e. The van der Waals surface area contributed by atoms with Gasteiger partial charge in [0.15, 0.2) is 0 Å². The molecular formula is C30H27N5O. The minimum Gasteiger partial charge on any atom is -0.378 e. The highest BCUT2D eigenvalue weighted by molar-refractivity contribution is 6.04. The van der Waals surface area contributed by atoms with E-state index in [1.165, 1.54) is 0 Å². The minimum atomic E-state index is -0.154. The first-order valence-corrected chi connectivity index (χ1v) is 11.7. The van der Waals surface area contributed by atoms with E-state index in [0.717, 1.165) is 45.0 Å². The van der Waals surface area contributed by atoms with Crippen molar-refractivity contribution in [1.29, 1.82) is 0 Å². The first kappa shape index (κ1) is 22.9. The fraction of sp³-hybridized carbons (Fsp3) is 0.0667. The Morgan fingerprint density at radius 3 is 2.06 bits per heavy atom. The normalized spacial score (nSPS) is 10.6. The molecule has 0 bridgehead atoms. The van der Waals surface area contributed by atoms with E-state index in [9.17, 15) is 4.79 Å². The third kappa shape index (κ3) is 5.28. The fourth-order valence-electron chi connectivity index (χ4n) is 3.91. The number of benzene rings is 4. The molecule has 0 aliphatic carbocycles. The molecule has 0 radical (unpaired) electrons. The van der Waals surface area contributed by atoms with Gasteiger partial charge in [-0.05, 0) is 84.9 Å². The summed E-state index contributed by atoms with van der Waals surface area (Å²) in [6.07, 6.45) is 1.80. The average molecular weight is 474 g/mol. The number of pyridine rings is 1. The zero-order chi connectivity index (χ0) is 24.9. The number of carbonyl (C=O) groups is 1. The molecule has 0 atom stereocenters. The number of rotatable bonds is 7. The first-order chi connectivity index (χ1) is 17.5. The third-order valence-corrected chi connectivity index (χ3v) is 5.87. The van der Waals surface area contributed by atoms with E-state index in [-0.39, 0.29) is 5.91 Å². The lowest BCUT2D eigenvalue weighted by Crippen LogP contribution is -2.11. The molecule has 5 aromatic rings. The van der Waals surface area contributed by atoms with Crippen molar-refractivity contribution in [3.05, 3.63) is 115 Å². The van der Waals surface area contributed by atoms with Crippen LogP contribution in [0.25, 0.3) is 10.9 Å². The van der Waals surface area contributed by atoms with Crippen molar-refractivity contribution in [3.63, 3.8) is 0 Å². The lowest BCUT2D eigenvalue weighted by Gasteiger charge is -2.15. The number of amides is 1. The van der Waals surface area contributed by atoms with Gasteiger partial charge in [-0.15, -0.1) is 0 Å². The summed E-state index contributed by atoms with van der Waals surface area (Å²) < 4.78 is 0. The molecule has 1 aromatic heterocycles. The number of nitrogens with zero attached hydrogens (tertiary/aromatic N) is 2. The molecule has 0 saturated carbocycles. The second-order valence-electron chi connectivity index (χ2n) is 8.68. The molecule has 0 aliphatic rings. The van der Waals surface area contributed by atoms with Crippen LogP contribution in [0.1, 0.15) is 10.4 Å². The monoisotopic (exact) mass is 473 g/mol. The van der Waals surface area contributed by atoms with Crippen LogP contribution in [0.5, 0.6) is 0 Å². The molecule has 6 nitrogen and oxygen atoms in total. The van der Waals surface area contributed by atoms with Gasteiger partial charge in [0.1, 0.15) is 0 Å². The van der Waals surface area contributed by atoms with E-state index in [2.05, 4.69) is 44.0 Å².